The van der Waals surface area contributed by atoms with Crippen LogP contribution in [0.25, 0.3) is 21.9 Å². The van der Waals surface area contributed by atoms with E-state index in [1.165, 1.54) is 0 Å². The zero-order chi connectivity index (χ0) is 20.5. The van der Waals surface area contributed by atoms with Gasteiger partial charge in [-0.3, -0.25) is 4.79 Å². The van der Waals surface area contributed by atoms with Gasteiger partial charge in [0.15, 0.2) is 11.5 Å². The summed E-state index contributed by atoms with van der Waals surface area (Å²) in [5, 5.41) is 14.3. The number of aryl methyl sites for hydroxylation is 1. The fraction of sp³-hybridized carbons (Fsp3) is 0.227. The first-order chi connectivity index (χ1) is 14.7. The molecule has 2 aromatic heterocycles. The van der Waals surface area contributed by atoms with Crippen molar-refractivity contribution in [1.29, 1.82) is 0 Å². The first kappa shape index (κ1) is 18.2. The van der Waals surface area contributed by atoms with Gasteiger partial charge in [0.25, 0.3) is 0 Å². The summed E-state index contributed by atoms with van der Waals surface area (Å²) in [5.41, 5.74) is 2.76. The average Bonchev–Trinajstić information content (AvgIpc) is 3.35. The summed E-state index contributed by atoms with van der Waals surface area (Å²) in [6.07, 6.45) is 1.08. The van der Waals surface area contributed by atoms with Crippen molar-refractivity contribution in [3.05, 3.63) is 53.9 Å². The van der Waals surface area contributed by atoms with Crippen molar-refractivity contribution in [2.24, 2.45) is 0 Å². The first-order valence-corrected chi connectivity index (χ1v) is 9.79. The van der Waals surface area contributed by atoms with E-state index in [4.69, 9.17) is 19.6 Å². The molecule has 3 heterocycles. The Bertz CT molecular complexity index is 1250. The summed E-state index contributed by atoms with van der Waals surface area (Å²) < 4.78 is 10.8. The zero-order valence-corrected chi connectivity index (χ0v) is 16.1. The van der Waals surface area contributed by atoms with Crippen molar-refractivity contribution in [3.63, 3.8) is 0 Å². The Balaban J connectivity index is 1.48. The first-order valence-electron chi connectivity index (χ1n) is 9.79. The number of anilines is 1. The third-order valence-corrected chi connectivity index (χ3v) is 5.09. The number of para-hydroxylation sites is 1. The standard InChI is InChI=1S/C22H20N4O4/c27-19(28)7-3-6-18-25-21(20-14-4-1-2-5-15(14)24-22(20)26-18)23-11-13-8-9-16-17(10-13)30-12-29-16/h1-2,4-5,8-10H,3,6-7,11-12H2,(H,27,28)(H2,23,24,25,26). The molecule has 0 saturated carbocycles. The van der Waals surface area contributed by atoms with Crippen LogP contribution in [0.5, 0.6) is 11.5 Å². The van der Waals surface area contributed by atoms with Crippen molar-refractivity contribution < 1.29 is 19.4 Å². The van der Waals surface area contributed by atoms with Crippen molar-refractivity contribution in [3.8, 4) is 11.5 Å². The number of aliphatic carboxylic acids is 1. The molecule has 1 aliphatic rings. The van der Waals surface area contributed by atoms with Crippen molar-refractivity contribution in [1.82, 2.24) is 15.0 Å². The van der Waals surface area contributed by atoms with Crippen LogP contribution in [0.15, 0.2) is 42.5 Å². The van der Waals surface area contributed by atoms with Crippen LogP contribution in [-0.4, -0.2) is 32.8 Å². The summed E-state index contributed by atoms with van der Waals surface area (Å²) in [6.45, 7) is 0.796. The number of ether oxygens (including phenoxy) is 2. The molecular formula is C22H20N4O4. The van der Waals surface area contributed by atoms with E-state index in [2.05, 4.69) is 15.3 Å². The SMILES string of the molecule is O=C(O)CCCc1nc(NCc2ccc3c(c2)OCO3)c2c(n1)[nH]c1ccccc12. The van der Waals surface area contributed by atoms with E-state index in [1.807, 2.05) is 42.5 Å². The highest BCUT2D eigenvalue weighted by atomic mass is 16.7. The third-order valence-electron chi connectivity index (χ3n) is 5.09. The Hall–Kier alpha value is -3.81. The number of rotatable bonds is 7. The highest BCUT2D eigenvalue weighted by Crippen LogP contribution is 2.33. The van der Waals surface area contributed by atoms with E-state index in [0.29, 0.717) is 25.2 Å². The van der Waals surface area contributed by atoms with Crippen LogP contribution in [-0.2, 0) is 17.8 Å². The monoisotopic (exact) mass is 404 g/mol. The lowest BCUT2D eigenvalue weighted by Crippen LogP contribution is -2.06. The molecule has 1 aliphatic heterocycles. The van der Waals surface area contributed by atoms with Gasteiger partial charge in [-0.05, 0) is 30.2 Å². The van der Waals surface area contributed by atoms with E-state index >= 15 is 0 Å². The second-order valence-corrected chi connectivity index (χ2v) is 7.17. The van der Waals surface area contributed by atoms with Gasteiger partial charge in [-0.25, -0.2) is 9.97 Å². The molecule has 0 bridgehead atoms. The minimum Gasteiger partial charge on any atom is -0.481 e. The number of aromatic nitrogens is 3. The maximum absolute atomic E-state index is 10.8. The van der Waals surface area contributed by atoms with Gasteiger partial charge in [-0.15, -0.1) is 0 Å². The predicted molar refractivity (Wildman–Crippen MR) is 112 cm³/mol. The van der Waals surface area contributed by atoms with Crippen molar-refractivity contribution in [2.45, 2.75) is 25.8 Å². The fourth-order valence-electron chi connectivity index (χ4n) is 3.66. The molecule has 3 N–H and O–H groups in total. The van der Waals surface area contributed by atoms with Crippen molar-refractivity contribution >= 4 is 33.7 Å². The molecule has 30 heavy (non-hydrogen) atoms. The Morgan fingerprint density at radius 1 is 1.13 bits per heavy atom. The van der Waals surface area contributed by atoms with E-state index in [1.54, 1.807) is 0 Å². The number of H-pyrrole nitrogens is 1. The molecule has 0 fully saturated rings. The lowest BCUT2D eigenvalue weighted by molar-refractivity contribution is -0.137. The number of nitrogens with zero attached hydrogens (tertiary/aromatic N) is 2. The van der Waals surface area contributed by atoms with Crippen LogP contribution < -0.4 is 14.8 Å². The quantitative estimate of drug-likeness (QED) is 0.429. The number of benzene rings is 2. The molecular weight excluding hydrogens is 384 g/mol. The van der Waals surface area contributed by atoms with Gasteiger partial charge in [-0.2, -0.15) is 0 Å². The molecule has 0 unspecified atom stereocenters. The van der Waals surface area contributed by atoms with Crippen LogP contribution in [0, 0.1) is 0 Å². The zero-order valence-electron chi connectivity index (χ0n) is 16.1. The summed E-state index contributed by atoms with van der Waals surface area (Å²) in [5.74, 6) is 2.01. The largest absolute Gasteiger partial charge is 0.481 e. The molecule has 0 atom stereocenters. The molecule has 0 aliphatic carbocycles. The minimum atomic E-state index is -0.817. The molecule has 0 radical (unpaired) electrons. The molecule has 0 spiro atoms. The number of carbonyl (C=O) groups is 1. The van der Waals surface area contributed by atoms with Gasteiger partial charge in [0.2, 0.25) is 6.79 Å². The molecule has 0 saturated heterocycles. The summed E-state index contributed by atoms with van der Waals surface area (Å²) in [7, 11) is 0. The lowest BCUT2D eigenvalue weighted by atomic mass is 10.1. The van der Waals surface area contributed by atoms with E-state index in [0.717, 1.165) is 44.8 Å². The van der Waals surface area contributed by atoms with Crippen molar-refractivity contribution in [2.75, 3.05) is 12.1 Å². The van der Waals surface area contributed by atoms with Crippen LogP contribution in [0.1, 0.15) is 24.2 Å². The summed E-state index contributed by atoms with van der Waals surface area (Å²) >= 11 is 0. The molecule has 0 amide bonds. The minimum absolute atomic E-state index is 0.0913. The maximum atomic E-state index is 10.8. The summed E-state index contributed by atoms with van der Waals surface area (Å²) in [4.78, 5) is 23.5. The Morgan fingerprint density at radius 2 is 2.00 bits per heavy atom. The van der Waals surface area contributed by atoms with Gasteiger partial charge in [0, 0.05) is 30.3 Å². The number of aromatic amines is 1. The van der Waals surface area contributed by atoms with E-state index in [-0.39, 0.29) is 13.2 Å². The van der Waals surface area contributed by atoms with Gasteiger partial charge < -0.3 is 24.9 Å². The van der Waals surface area contributed by atoms with Crippen LogP contribution in [0.3, 0.4) is 0 Å². The van der Waals surface area contributed by atoms with E-state index in [9.17, 15) is 4.79 Å². The average molecular weight is 404 g/mol. The molecule has 8 nitrogen and oxygen atoms in total. The number of nitrogens with one attached hydrogen (secondary N) is 2. The third kappa shape index (κ3) is 3.47. The maximum Gasteiger partial charge on any atom is 0.303 e. The number of hydrogen-bond acceptors (Lipinski definition) is 6. The van der Waals surface area contributed by atoms with Crippen LogP contribution in [0.4, 0.5) is 5.82 Å². The van der Waals surface area contributed by atoms with E-state index < -0.39 is 5.97 Å². The molecule has 152 valence electrons. The Kier molecular flexibility index (Phi) is 4.59. The highest BCUT2D eigenvalue weighted by molar-refractivity contribution is 6.11. The van der Waals surface area contributed by atoms with Crippen LogP contribution in [0.2, 0.25) is 0 Å². The second kappa shape index (κ2) is 7.55. The topological polar surface area (TPSA) is 109 Å². The normalized spacial score (nSPS) is 12.5. The molecule has 4 aromatic rings. The van der Waals surface area contributed by atoms with Gasteiger partial charge in [0.1, 0.15) is 17.3 Å². The predicted octanol–water partition coefficient (Wildman–Crippen LogP) is 3.86. The Morgan fingerprint density at radius 3 is 2.90 bits per heavy atom. The van der Waals surface area contributed by atoms with Gasteiger partial charge in [0.05, 0.1) is 5.39 Å². The fourth-order valence-corrected chi connectivity index (χ4v) is 3.66. The van der Waals surface area contributed by atoms with Crippen LogP contribution >= 0.6 is 0 Å². The smallest absolute Gasteiger partial charge is 0.303 e. The number of carboxylic acids is 1. The number of hydrogen-bond donors (Lipinski definition) is 3. The summed E-state index contributed by atoms with van der Waals surface area (Å²) in [6, 6.07) is 13.8. The highest BCUT2D eigenvalue weighted by Gasteiger charge is 2.16. The number of fused-ring (bicyclic) bond motifs is 4. The number of carboxylic acid groups (broad SMARTS) is 1. The molecule has 8 heteroatoms. The van der Waals surface area contributed by atoms with Gasteiger partial charge in [-0.1, -0.05) is 24.3 Å². The lowest BCUT2D eigenvalue weighted by Gasteiger charge is -2.10. The molecule has 2 aromatic carbocycles. The van der Waals surface area contributed by atoms with Gasteiger partial charge >= 0.3 is 5.97 Å². The molecule has 5 rings (SSSR count). The Labute approximate surface area is 171 Å². The second-order valence-electron chi connectivity index (χ2n) is 7.17.